The smallest absolute Gasteiger partial charge is 0.216 e. The summed E-state index contributed by atoms with van der Waals surface area (Å²) >= 11 is 0. The number of carbonyl (C=O) groups is 1. The van der Waals surface area contributed by atoms with Gasteiger partial charge in [0.15, 0.2) is 0 Å². The molecule has 2 N–H and O–H groups in total. The topological polar surface area (TPSA) is 50.4 Å². The largest absolute Gasteiger partial charge is 0.487 e. The molecule has 0 aromatic heterocycles. The predicted octanol–water partition coefficient (Wildman–Crippen LogP) is 4.14. The second-order valence-corrected chi connectivity index (χ2v) is 9.30. The fourth-order valence-corrected chi connectivity index (χ4v) is 4.13. The maximum atomic E-state index is 11.0. The molecule has 1 amide bonds. The number of fused-ring (bicyclic) bond motifs is 1. The summed E-state index contributed by atoms with van der Waals surface area (Å²) in [4.78, 5) is 11.0. The van der Waals surface area contributed by atoms with E-state index in [4.69, 9.17) is 4.74 Å². The molecular weight excluding hydrogens is 324 g/mol. The van der Waals surface area contributed by atoms with Crippen LogP contribution >= 0.6 is 0 Å². The standard InChI is InChI=1S/C22H34N2O2/c1-16(25)23-11-6-12-24-19-15-22(9-5-10-22)26-20-8-7-17(13-18(19)20)14-21(2,3)4/h7-8,13,19,24H,5-6,9-12,14-15H2,1-4H3,(H,23,25). The molecule has 1 heterocycles. The fraction of sp³-hybridized carbons (Fsp3) is 0.682. The molecule has 1 spiro atoms. The van der Waals surface area contributed by atoms with Gasteiger partial charge < -0.3 is 15.4 Å². The van der Waals surface area contributed by atoms with Crippen molar-refractivity contribution in [3.05, 3.63) is 29.3 Å². The zero-order valence-corrected chi connectivity index (χ0v) is 16.8. The molecule has 144 valence electrons. The van der Waals surface area contributed by atoms with Crippen molar-refractivity contribution in [2.24, 2.45) is 5.41 Å². The van der Waals surface area contributed by atoms with Crippen molar-refractivity contribution in [3.8, 4) is 5.75 Å². The number of hydrogen-bond acceptors (Lipinski definition) is 3. The lowest BCUT2D eigenvalue weighted by Gasteiger charge is -2.48. The Kier molecular flexibility index (Phi) is 5.61. The molecule has 4 heteroatoms. The van der Waals surface area contributed by atoms with Gasteiger partial charge in [0.05, 0.1) is 0 Å². The van der Waals surface area contributed by atoms with Crippen molar-refractivity contribution < 1.29 is 9.53 Å². The molecule has 4 nitrogen and oxygen atoms in total. The van der Waals surface area contributed by atoms with E-state index >= 15 is 0 Å². The van der Waals surface area contributed by atoms with E-state index in [2.05, 4.69) is 49.6 Å². The summed E-state index contributed by atoms with van der Waals surface area (Å²) in [5, 5.41) is 6.61. The quantitative estimate of drug-likeness (QED) is 0.752. The molecule has 1 saturated carbocycles. The van der Waals surface area contributed by atoms with Crippen molar-refractivity contribution in [2.75, 3.05) is 13.1 Å². The lowest BCUT2D eigenvalue weighted by molar-refractivity contribution is -0.118. The number of amides is 1. The number of rotatable bonds is 6. The maximum absolute atomic E-state index is 11.0. The lowest BCUT2D eigenvalue weighted by Crippen LogP contribution is -2.49. The van der Waals surface area contributed by atoms with E-state index in [9.17, 15) is 4.79 Å². The van der Waals surface area contributed by atoms with E-state index in [-0.39, 0.29) is 16.9 Å². The summed E-state index contributed by atoms with van der Waals surface area (Å²) in [5.41, 5.74) is 3.02. The summed E-state index contributed by atoms with van der Waals surface area (Å²) in [7, 11) is 0. The van der Waals surface area contributed by atoms with Gasteiger partial charge in [0, 0.05) is 31.5 Å². The highest BCUT2D eigenvalue weighted by molar-refractivity contribution is 5.72. The molecule has 26 heavy (non-hydrogen) atoms. The minimum atomic E-state index is 0.0432. The van der Waals surface area contributed by atoms with Gasteiger partial charge in [-0.25, -0.2) is 0 Å². The first kappa shape index (κ1) is 19.2. The highest BCUT2D eigenvalue weighted by Gasteiger charge is 2.45. The minimum Gasteiger partial charge on any atom is -0.487 e. The SMILES string of the molecule is CC(=O)NCCCNC1CC2(CCC2)Oc2ccc(CC(C)(C)C)cc21. The summed E-state index contributed by atoms with van der Waals surface area (Å²) in [5.74, 6) is 1.11. The third-order valence-electron chi connectivity index (χ3n) is 5.47. The van der Waals surface area contributed by atoms with E-state index in [0.717, 1.165) is 38.1 Å². The molecule has 1 aliphatic heterocycles. The van der Waals surface area contributed by atoms with Crippen LogP contribution in [0.4, 0.5) is 0 Å². The highest BCUT2D eigenvalue weighted by atomic mass is 16.5. The Labute approximate surface area is 158 Å². The second kappa shape index (κ2) is 7.59. The van der Waals surface area contributed by atoms with Gasteiger partial charge in [-0.1, -0.05) is 32.9 Å². The van der Waals surface area contributed by atoms with Crippen molar-refractivity contribution >= 4 is 5.91 Å². The Morgan fingerprint density at radius 3 is 2.65 bits per heavy atom. The Morgan fingerprint density at radius 1 is 1.27 bits per heavy atom. The zero-order chi connectivity index (χ0) is 18.8. The van der Waals surface area contributed by atoms with Gasteiger partial charge in [-0.05, 0) is 55.7 Å². The molecule has 1 aliphatic carbocycles. The number of carbonyl (C=O) groups excluding carboxylic acids is 1. The van der Waals surface area contributed by atoms with Crippen LogP contribution in [0.2, 0.25) is 0 Å². The predicted molar refractivity (Wildman–Crippen MR) is 105 cm³/mol. The van der Waals surface area contributed by atoms with Gasteiger partial charge in [-0.3, -0.25) is 4.79 Å². The van der Waals surface area contributed by atoms with E-state index in [1.807, 2.05) is 0 Å². The molecule has 2 aliphatic rings. The van der Waals surface area contributed by atoms with E-state index in [0.29, 0.717) is 6.04 Å². The summed E-state index contributed by atoms with van der Waals surface area (Å²) < 4.78 is 6.43. The van der Waals surface area contributed by atoms with Gasteiger partial charge in [0.1, 0.15) is 11.4 Å². The Hall–Kier alpha value is -1.55. The third-order valence-corrected chi connectivity index (χ3v) is 5.47. The first-order valence-electron chi connectivity index (χ1n) is 10.1. The Morgan fingerprint density at radius 2 is 2.04 bits per heavy atom. The molecule has 1 aromatic carbocycles. The number of ether oxygens (including phenoxy) is 1. The van der Waals surface area contributed by atoms with Crippen LogP contribution in [0.25, 0.3) is 0 Å². The van der Waals surface area contributed by atoms with Gasteiger partial charge in [-0.2, -0.15) is 0 Å². The molecule has 0 radical (unpaired) electrons. The first-order chi connectivity index (χ1) is 12.3. The van der Waals surface area contributed by atoms with Crippen LogP contribution in [0.15, 0.2) is 18.2 Å². The van der Waals surface area contributed by atoms with Crippen molar-refractivity contribution in [2.45, 2.75) is 77.9 Å². The molecule has 1 atom stereocenters. The Balaban J connectivity index is 1.71. The Bertz CT molecular complexity index is 644. The summed E-state index contributed by atoms with van der Waals surface area (Å²) in [6.45, 7) is 10.1. The fourth-order valence-electron chi connectivity index (χ4n) is 4.13. The van der Waals surface area contributed by atoms with E-state index in [1.54, 1.807) is 6.92 Å². The van der Waals surface area contributed by atoms with Gasteiger partial charge in [-0.15, -0.1) is 0 Å². The van der Waals surface area contributed by atoms with Crippen molar-refractivity contribution in [1.29, 1.82) is 0 Å². The van der Waals surface area contributed by atoms with Gasteiger partial charge >= 0.3 is 0 Å². The normalized spacial score (nSPS) is 20.8. The lowest BCUT2D eigenvalue weighted by atomic mass is 9.72. The molecule has 0 bridgehead atoms. The molecule has 1 fully saturated rings. The molecule has 1 aromatic rings. The van der Waals surface area contributed by atoms with Crippen LogP contribution in [-0.4, -0.2) is 24.6 Å². The van der Waals surface area contributed by atoms with Crippen LogP contribution in [0, 0.1) is 5.41 Å². The maximum Gasteiger partial charge on any atom is 0.216 e. The number of nitrogens with one attached hydrogen (secondary N) is 2. The highest BCUT2D eigenvalue weighted by Crippen LogP contribution is 2.49. The number of benzene rings is 1. The molecule has 3 rings (SSSR count). The average Bonchev–Trinajstić information content (AvgIpc) is 2.51. The summed E-state index contributed by atoms with van der Waals surface area (Å²) in [6.07, 6.45) is 6.67. The average molecular weight is 359 g/mol. The first-order valence-corrected chi connectivity index (χ1v) is 10.1. The molecular formula is C22H34N2O2. The van der Waals surface area contributed by atoms with Crippen LogP contribution in [0.3, 0.4) is 0 Å². The zero-order valence-electron chi connectivity index (χ0n) is 16.8. The summed E-state index contributed by atoms with van der Waals surface area (Å²) in [6, 6.07) is 7.10. The van der Waals surface area contributed by atoms with Crippen molar-refractivity contribution in [3.63, 3.8) is 0 Å². The number of hydrogen-bond donors (Lipinski definition) is 2. The monoisotopic (exact) mass is 358 g/mol. The van der Waals surface area contributed by atoms with Crippen LogP contribution < -0.4 is 15.4 Å². The second-order valence-electron chi connectivity index (χ2n) is 9.30. The van der Waals surface area contributed by atoms with Crippen LogP contribution in [0.1, 0.15) is 77.0 Å². The molecule has 0 saturated heterocycles. The van der Waals surface area contributed by atoms with Crippen LogP contribution in [0.5, 0.6) is 5.75 Å². The van der Waals surface area contributed by atoms with Gasteiger partial charge in [0.25, 0.3) is 0 Å². The van der Waals surface area contributed by atoms with Gasteiger partial charge in [0.2, 0.25) is 5.91 Å². The third kappa shape index (κ3) is 4.79. The van der Waals surface area contributed by atoms with E-state index in [1.165, 1.54) is 30.4 Å². The molecule has 1 unspecified atom stereocenters. The van der Waals surface area contributed by atoms with Crippen molar-refractivity contribution in [1.82, 2.24) is 10.6 Å². The minimum absolute atomic E-state index is 0.0432. The van der Waals surface area contributed by atoms with E-state index < -0.39 is 0 Å². The van der Waals surface area contributed by atoms with Crippen LogP contribution in [-0.2, 0) is 11.2 Å².